The number of aryl methyl sites for hydroxylation is 1. The van der Waals surface area contributed by atoms with E-state index in [1.165, 1.54) is 24.3 Å². The number of nitro groups is 1. The van der Waals surface area contributed by atoms with E-state index in [2.05, 4.69) is 16.0 Å². The van der Waals surface area contributed by atoms with Crippen molar-refractivity contribution in [3.05, 3.63) is 87.2 Å². The van der Waals surface area contributed by atoms with Crippen LogP contribution in [0.2, 0.25) is 0 Å². The number of halogens is 1. The molecule has 7 nitrogen and oxygen atoms in total. The van der Waals surface area contributed by atoms with E-state index in [1.807, 2.05) is 24.5 Å². The molecule has 0 amide bonds. The van der Waals surface area contributed by atoms with Crippen LogP contribution in [0.25, 0.3) is 28.4 Å². The van der Waals surface area contributed by atoms with Crippen molar-refractivity contribution in [2.24, 2.45) is 0 Å². The van der Waals surface area contributed by atoms with Crippen LogP contribution in [0.3, 0.4) is 0 Å². The van der Waals surface area contributed by atoms with Crippen molar-refractivity contribution in [1.82, 2.24) is 14.5 Å². The average molecular weight is 401 g/mol. The molecule has 0 saturated carbocycles. The van der Waals surface area contributed by atoms with Gasteiger partial charge >= 0.3 is 0 Å². The Kier molecular flexibility index (Phi) is 4.64. The van der Waals surface area contributed by atoms with E-state index in [0.29, 0.717) is 22.4 Å². The smallest absolute Gasteiger partial charge is 0.269 e. The first kappa shape index (κ1) is 19.1. The van der Waals surface area contributed by atoms with Crippen LogP contribution in [-0.2, 0) is 0 Å². The fourth-order valence-electron chi connectivity index (χ4n) is 3.47. The fraction of sp³-hybridized carbons (Fsp3) is 0.0909. The molecular formula is C22H16FN5O2. The van der Waals surface area contributed by atoms with Crippen LogP contribution < -0.4 is 0 Å². The number of benzene rings is 2. The molecule has 0 aliphatic heterocycles. The molecule has 0 unspecified atom stereocenters. The highest BCUT2D eigenvalue weighted by Gasteiger charge is 2.14. The molecule has 0 atom stereocenters. The molecule has 0 bridgehead atoms. The number of nitro benzene ring substituents is 1. The Hall–Kier alpha value is -4.25. The molecule has 0 saturated heterocycles. The summed E-state index contributed by atoms with van der Waals surface area (Å²) in [5.41, 5.74) is 4.81. The van der Waals surface area contributed by atoms with Gasteiger partial charge < -0.3 is 9.55 Å². The summed E-state index contributed by atoms with van der Waals surface area (Å²) in [6.07, 6.45) is 1.72. The Morgan fingerprint density at radius 3 is 2.63 bits per heavy atom. The van der Waals surface area contributed by atoms with Gasteiger partial charge in [0.2, 0.25) is 0 Å². The lowest BCUT2D eigenvalue weighted by Crippen LogP contribution is -1.99. The van der Waals surface area contributed by atoms with Gasteiger partial charge in [0.15, 0.2) is 0 Å². The van der Waals surface area contributed by atoms with Gasteiger partial charge in [0.05, 0.1) is 21.5 Å². The monoisotopic (exact) mass is 401 g/mol. The number of allylic oxidation sites excluding steroid dienone is 1. The van der Waals surface area contributed by atoms with Gasteiger partial charge in [-0.15, -0.1) is 0 Å². The Bertz CT molecular complexity index is 1360. The van der Waals surface area contributed by atoms with Crippen LogP contribution in [0.4, 0.5) is 10.1 Å². The molecule has 2 heterocycles. The third kappa shape index (κ3) is 3.33. The van der Waals surface area contributed by atoms with Gasteiger partial charge in [0.25, 0.3) is 5.69 Å². The topological polar surface area (TPSA) is 101 Å². The summed E-state index contributed by atoms with van der Waals surface area (Å²) in [7, 11) is 0. The lowest BCUT2D eigenvalue weighted by Gasteiger charge is -2.09. The maximum Gasteiger partial charge on any atom is 0.269 e. The number of nitrogens with one attached hydrogen (secondary N) is 1. The number of hydrogen-bond acceptors (Lipinski definition) is 4. The molecule has 4 aromatic rings. The maximum absolute atomic E-state index is 13.4. The van der Waals surface area contributed by atoms with Gasteiger partial charge in [-0.2, -0.15) is 5.26 Å². The molecule has 0 aliphatic rings. The van der Waals surface area contributed by atoms with E-state index < -0.39 is 4.92 Å². The van der Waals surface area contributed by atoms with Crippen molar-refractivity contribution < 1.29 is 9.31 Å². The van der Waals surface area contributed by atoms with Crippen LogP contribution in [0, 0.1) is 41.1 Å². The summed E-state index contributed by atoms with van der Waals surface area (Å²) in [5.74, 6) is -0.0231. The summed E-state index contributed by atoms with van der Waals surface area (Å²) in [4.78, 5) is 17.8. The first-order valence-electron chi connectivity index (χ1n) is 9.08. The number of hydrogen-bond donors (Lipinski definition) is 1. The molecule has 2 aromatic carbocycles. The number of imidazole rings is 1. The van der Waals surface area contributed by atoms with E-state index in [1.54, 1.807) is 24.3 Å². The lowest BCUT2D eigenvalue weighted by atomic mass is 10.1. The SMILES string of the molecule is Cc1cc(/C=C(\C#N)c2nc3ccc(F)cc3[nH]2)c(C)n1-c1ccc([N+](=O)[O-])cc1. The van der Waals surface area contributed by atoms with Crippen molar-refractivity contribution in [2.75, 3.05) is 0 Å². The Balaban J connectivity index is 1.76. The molecular weight excluding hydrogens is 385 g/mol. The molecule has 0 aliphatic carbocycles. The molecule has 0 spiro atoms. The van der Waals surface area contributed by atoms with Crippen LogP contribution in [0.1, 0.15) is 22.8 Å². The highest BCUT2D eigenvalue weighted by atomic mass is 19.1. The van der Waals surface area contributed by atoms with E-state index in [-0.39, 0.29) is 11.5 Å². The molecule has 4 rings (SSSR count). The Morgan fingerprint density at radius 1 is 1.23 bits per heavy atom. The van der Waals surface area contributed by atoms with E-state index >= 15 is 0 Å². The summed E-state index contributed by atoms with van der Waals surface area (Å²) in [6, 6.07) is 14.6. The number of non-ortho nitro benzene ring substituents is 1. The number of H-pyrrole nitrogens is 1. The number of rotatable bonds is 4. The maximum atomic E-state index is 13.4. The Morgan fingerprint density at radius 2 is 1.97 bits per heavy atom. The molecule has 148 valence electrons. The van der Waals surface area contributed by atoms with Crippen LogP contribution in [0.15, 0.2) is 48.5 Å². The number of fused-ring (bicyclic) bond motifs is 1. The summed E-state index contributed by atoms with van der Waals surface area (Å²) in [6.45, 7) is 3.82. The predicted octanol–water partition coefficient (Wildman–Crippen LogP) is 5.08. The van der Waals surface area contributed by atoms with E-state index in [9.17, 15) is 19.8 Å². The number of aromatic amines is 1. The van der Waals surface area contributed by atoms with E-state index in [0.717, 1.165) is 22.6 Å². The highest BCUT2D eigenvalue weighted by molar-refractivity contribution is 5.90. The molecule has 0 fully saturated rings. The second-order valence-electron chi connectivity index (χ2n) is 6.85. The molecule has 2 aromatic heterocycles. The zero-order chi connectivity index (χ0) is 21.4. The van der Waals surface area contributed by atoms with Crippen molar-refractivity contribution in [3.8, 4) is 11.8 Å². The average Bonchev–Trinajstić information content (AvgIpc) is 3.26. The zero-order valence-corrected chi connectivity index (χ0v) is 16.2. The highest BCUT2D eigenvalue weighted by Crippen LogP contribution is 2.26. The lowest BCUT2D eigenvalue weighted by molar-refractivity contribution is -0.384. The van der Waals surface area contributed by atoms with Crippen LogP contribution in [0.5, 0.6) is 0 Å². The van der Waals surface area contributed by atoms with Crippen LogP contribution in [-0.4, -0.2) is 19.5 Å². The van der Waals surface area contributed by atoms with Gasteiger partial charge in [-0.1, -0.05) is 0 Å². The summed E-state index contributed by atoms with van der Waals surface area (Å²) < 4.78 is 15.4. The molecule has 8 heteroatoms. The van der Waals surface area contributed by atoms with Crippen molar-refractivity contribution in [1.29, 1.82) is 5.26 Å². The fourth-order valence-corrected chi connectivity index (χ4v) is 3.47. The number of nitrogens with zero attached hydrogens (tertiary/aromatic N) is 4. The molecule has 30 heavy (non-hydrogen) atoms. The van der Waals surface area contributed by atoms with Crippen LogP contribution >= 0.6 is 0 Å². The van der Waals surface area contributed by atoms with Gasteiger partial charge in [-0.05, 0) is 61.9 Å². The van der Waals surface area contributed by atoms with Gasteiger partial charge in [-0.3, -0.25) is 10.1 Å². The summed E-state index contributed by atoms with van der Waals surface area (Å²) in [5, 5.41) is 20.6. The second-order valence-corrected chi connectivity index (χ2v) is 6.85. The normalized spacial score (nSPS) is 11.6. The van der Waals surface area contributed by atoms with Gasteiger partial charge in [0, 0.05) is 29.2 Å². The largest absolute Gasteiger partial charge is 0.337 e. The van der Waals surface area contributed by atoms with Crippen molar-refractivity contribution in [2.45, 2.75) is 13.8 Å². The first-order valence-corrected chi connectivity index (χ1v) is 9.08. The van der Waals surface area contributed by atoms with E-state index in [4.69, 9.17) is 0 Å². The second kappa shape index (κ2) is 7.29. The third-order valence-corrected chi connectivity index (χ3v) is 4.91. The van der Waals surface area contributed by atoms with Crippen molar-refractivity contribution >= 4 is 28.4 Å². The van der Waals surface area contributed by atoms with Gasteiger partial charge in [-0.25, -0.2) is 9.37 Å². The zero-order valence-electron chi connectivity index (χ0n) is 16.2. The minimum atomic E-state index is -0.439. The van der Waals surface area contributed by atoms with Gasteiger partial charge in [0.1, 0.15) is 17.7 Å². The number of aromatic nitrogens is 3. The predicted molar refractivity (Wildman–Crippen MR) is 111 cm³/mol. The minimum absolute atomic E-state index is 0.0226. The standard InChI is InChI=1S/C22H16FN5O2/c1-13-9-15(14(2)27(13)18-4-6-19(7-5-18)28(29)30)10-16(12-24)22-25-20-8-3-17(23)11-21(20)26-22/h3-11H,1-2H3,(H,25,26)/b16-10+. The third-order valence-electron chi connectivity index (χ3n) is 4.91. The number of nitriles is 1. The molecule has 0 radical (unpaired) electrons. The quantitative estimate of drug-likeness (QED) is 0.293. The minimum Gasteiger partial charge on any atom is -0.337 e. The summed E-state index contributed by atoms with van der Waals surface area (Å²) >= 11 is 0. The van der Waals surface area contributed by atoms with Crippen molar-refractivity contribution in [3.63, 3.8) is 0 Å². The Labute approximate surface area is 170 Å². The molecule has 1 N–H and O–H groups in total. The first-order chi connectivity index (χ1) is 14.4.